The van der Waals surface area contributed by atoms with Gasteiger partial charge in [0.25, 0.3) is 0 Å². The molecule has 23 heavy (non-hydrogen) atoms. The molecular formula is C16H19BrFN3O2. The minimum absolute atomic E-state index is 0. The number of nitrogens with one attached hydrogen (secondary N) is 2. The number of halogens is 2. The van der Waals surface area contributed by atoms with Crippen LogP contribution in [0.2, 0.25) is 0 Å². The summed E-state index contributed by atoms with van der Waals surface area (Å²) in [6.45, 7) is 2.57. The van der Waals surface area contributed by atoms with Crippen LogP contribution in [0.1, 0.15) is 12.5 Å². The highest BCUT2D eigenvalue weighted by molar-refractivity contribution is 8.93. The van der Waals surface area contributed by atoms with E-state index < -0.39 is 6.09 Å². The Bertz CT molecular complexity index is 650. The third kappa shape index (κ3) is 5.78. The average Bonchev–Trinajstić information content (AvgIpc) is 2.49. The molecule has 2 rings (SSSR count). The number of benzene rings is 2. The van der Waals surface area contributed by atoms with E-state index in [1.807, 2.05) is 0 Å². The highest BCUT2D eigenvalue weighted by atomic mass is 79.9. The molecule has 0 heterocycles. The molecule has 7 heteroatoms. The van der Waals surface area contributed by atoms with Crippen molar-refractivity contribution in [2.45, 2.75) is 13.5 Å². The Morgan fingerprint density at radius 2 is 1.91 bits per heavy atom. The van der Waals surface area contributed by atoms with Gasteiger partial charge in [0.2, 0.25) is 0 Å². The lowest BCUT2D eigenvalue weighted by Crippen LogP contribution is -2.14. The molecule has 0 saturated carbocycles. The zero-order valence-electron chi connectivity index (χ0n) is 12.6. The predicted molar refractivity (Wildman–Crippen MR) is 95.5 cm³/mol. The van der Waals surface area contributed by atoms with Crippen LogP contribution in [0, 0.1) is 5.82 Å². The predicted octanol–water partition coefficient (Wildman–Crippen LogP) is 4.17. The Hall–Kier alpha value is -2.28. The van der Waals surface area contributed by atoms with E-state index in [1.165, 1.54) is 12.1 Å². The smallest absolute Gasteiger partial charge is 0.411 e. The van der Waals surface area contributed by atoms with E-state index in [0.29, 0.717) is 24.5 Å². The second-order valence-electron chi connectivity index (χ2n) is 4.63. The number of hydrogen-bond acceptors (Lipinski definition) is 4. The molecule has 124 valence electrons. The van der Waals surface area contributed by atoms with Crippen LogP contribution in [-0.2, 0) is 11.3 Å². The molecule has 2 aromatic carbocycles. The summed E-state index contributed by atoms with van der Waals surface area (Å²) in [5.41, 5.74) is 8.57. The molecule has 0 spiro atoms. The Morgan fingerprint density at radius 3 is 2.52 bits per heavy atom. The number of anilines is 3. The monoisotopic (exact) mass is 383 g/mol. The minimum atomic E-state index is -0.541. The summed E-state index contributed by atoms with van der Waals surface area (Å²) in [5, 5.41) is 5.74. The molecule has 0 unspecified atom stereocenters. The van der Waals surface area contributed by atoms with Gasteiger partial charge in [0.1, 0.15) is 5.82 Å². The quantitative estimate of drug-likeness (QED) is 0.677. The molecule has 0 fully saturated rings. The molecule has 4 N–H and O–H groups in total. The van der Waals surface area contributed by atoms with Crippen molar-refractivity contribution in [1.29, 1.82) is 0 Å². The van der Waals surface area contributed by atoms with Gasteiger partial charge in [-0.2, -0.15) is 0 Å². The lowest BCUT2D eigenvalue weighted by Gasteiger charge is -2.11. The number of nitrogens with two attached hydrogens (primary N) is 1. The maximum absolute atomic E-state index is 12.8. The number of nitrogen functional groups attached to an aromatic ring is 1. The molecule has 0 atom stereocenters. The Balaban J connectivity index is 0.00000264. The lowest BCUT2D eigenvalue weighted by atomic mass is 10.2. The van der Waals surface area contributed by atoms with Crippen molar-refractivity contribution in [3.05, 3.63) is 53.8 Å². The molecule has 1 amide bonds. The maximum Gasteiger partial charge on any atom is 0.411 e. The molecule has 0 aliphatic heterocycles. The summed E-state index contributed by atoms with van der Waals surface area (Å²) < 4.78 is 17.6. The van der Waals surface area contributed by atoms with Crippen LogP contribution >= 0.6 is 17.0 Å². The SMILES string of the molecule is Br.CCOC(=O)Nc1ccc(NCc2ccc(F)cc2)cc1N. The van der Waals surface area contributed by atoms with Crippen molar-refractivity contribution in [2.75, 3.05) is 23.0 Å². The molecule has 0 aliphatic rings. The summed E-state index contributed by atoms with van der Waals surface area (Å²) in [4.78, 5) is 11.4. The van der Waals surface area contributed by atoms with Crippen LogP contribution in [0.15, 0.2) is 42.5 Å². The fourth-order valence-corrected chi connectivity index (χ4v) is 1.87. The topological polar surface area (TPSA) is 76.4 Å². The van der Waals surface area contributed by atoms with E-state index in [4.69, 9.17) is 10.5 Å². The first-order valence-corrected chi connectivity index (χ1v) is 6.90. The molecule has 0 aliphatic carbocycles. The van der Waals surface area contributed by atoms with Crippen LogP contribution < -0.4 is 16.4 Å². The molecule has 0 radical (unpaired) electrons. The first kappa shape index (κ1) is 18.8. The third-order valence-electron chi connectivity index (χ3n) is 2.97. The molecule has 2 aromatic rings. The van der Waals surface area contributed by atoms with Crippen molar-refractivity contribution < 1.29 is 13.9 Å². The van der Waals surface area contributed by atoms with E-state index in [2.05, 4.69) is 10.6 Å². The van der Waals surface area contributed by atoms with Gasteiger partial charge in [-0.15, -0.1) is 17.0 Å². The second kappa shape index (κ2) is 8.99. The standard InChI is InChI=1S/C16H18FN3O2.BrH/c1-2-22-16(21)20-15-8-7-13(9-14(15)18)19-10-11-3-5-12(17)6-4-11;/h3-9,19H,2,10,18H2,1H3,(H,20,21);1H. The Kier molecular flexibility index (Phi) is 7.34. The van der Waals surface area contributed by atoms with Crippen LogP contribution in [0.4, 0.5) is 26.2 Å². The van der Waals surface area contributed by atoms with Crippen molar-refractivity contribution in [3.63, 3.8) is 0 Å². The Labute approximate surface area is 144 Å². The van der Waals surface area contributed by atoms with Crippen molar-refractivity contribution >= 4 is 40.1 Å². The molecular weight excluding hydrogens is 365 g/mol. The molecule has 5 nitrogen and oxygen atoms in total. The van der Waals surface area contributed by atoms with Crippen molar-refractivity contribution in [2.24, 2.45) is 0 Å². The van der Waals surface area contributed by atoms with Gasteiger partial charge in [0.15, 0.2) is 0 Å². The van der Waals surface area contributed by atoms with Crippen molar-refractivity contribution in [3.8, 4) is 0 Å². The van der Waals surface area contributed by atoms with Gasteiger partial charge in [-0.05, 0) is 42.8 Å². The van der Waals surface area contributed by atoms with E-state index in [0.717, 1.165) is 11.3 Å². The lowest BCUT2D eigenvalue weighted by molar-refractivity contribution is 0.168. The first-order valence-electron chi connectivity index (χ1n) is 6.90. The summed E-state index contributed by atoms with van der Waals surface area (Å²) in [6, 6.07) is 11.5. The van der Waals surface area contributed by atoms with E-state index in [1.54, 1.807) is 37.3 Å². The van der Waals surface area contributed by atoms with E-state index in [9.17, 15) is 9.18 Å². The van der Waals surface area contributed by atoms with Gasteiger partial charge < -0.3 is 15.8 Å². The highest BCUT2D eigenvalue weighted by Gasteiger charge is 2.06. The second-order valence-corrected chi connectivity index (χ2v) is 4.63. The van der Waals surface area contributed by atoms with Gasteiger partial charge in [-0.1, -0.05) is 12.1 Å². The average molecular weight is 384 g/mol. The van der Waals surface area contributed by atoms with Crippen LogP contribution in [0.3, 0.4) is 0 Å². The zero-order valence-corrected chi connectivity index (χ0v) is 14.3. The fraction of sp³-hybridized carbons (Fsp3) is 0.188. The van der Waals surface area contributed by atoms with Gasteiger partial charge in [-0.25, -0.2) is 9.18 Å². The van der Waals surface area contributed by atoms with Gasteiger partial charge in [0, 0.05) is 12.2 Å². The largest absolute Gasteiger partial charge is 0.450 e. The van der Waals surface area contributed by atoms with Gasteiger partial charge >= 0.3 is 6.09 Å². The number of hydrogen-bond donors (Lipinski definition) is 3. The van der Waals surface area contributed by atoms with Crippen LogP contribution in [0.5, 0.6) is 0 Å². The number of rotatable bonds is 5. The normalized spacial score (nSPS) is 9.65. The zero-order chi connectivity index (χ0) is 15.9. The molecule has 0 aromatic heterocycles. The minimum Gasteiger partial charge on any atom is -0.450 e. The van der Waals surface area contributed by atoms with Crippen LogP contribution in [0.25, 0.3) is 0 Å². The summed E-state index contributed by atoms with van der Waals surface area (Å²) in [5.74, 6) is -0.262. The number of carbonyl (C=O) groups excluding carboxylic acids is 1. The van der Waals surface area contributed by atoms with Crippen molar-refractivity contribution in [1.82, 2.24) is 0 Å². The fourth-order valence-electron chi connectivity index (χ4n) is 1.87. The first-order chi connectivity index (χ1) is 10.6. The Morgan fingerprint density at radius 1 is 1.22 bits per heavy atom. The van der Waals surface area contributed by atoms with E-state index >= 15 is 0 Å². The summed E-state index contributed by atoms with van der Waals surface area (Å²) in [7, 11) is 0. The van der Waals surface area contributed by atoms with Crippen LogP contribution in [-0.4, -0.2) is 12.7 Å². The third-order valence-corrected chi connectivity index (χ3v) is 2.97. The number of carbonyl (C=O) groups is 1. The summed E-state index contributed by atoms with van der Waals surface area (Å²) in [6.07, 6.45) is -0.541. The summed E-state index contributed by atoms with van der Waals surface area (Å²) >= 11 is 0. The molecule has 0 bridgehead atoms. The number of amides is 1. The van der Waals surface area contributed by atoms with Gasteiger partial charge in [-0.3, -0.25) is 5.32 Å². The van der Waals surface area contributed by atoms with Gasteiger partial charge in [0.05, 0.1) is 18.0 Å². The van der Waals surface area contributed by atoms with E-state index in [-0.39, 0.29) is 22.8 Å². The number of ether oxygens (including phenoxy) is 1. The molecule has 0 saturated heterocycles. The maximum atomic E-state index is 12.8. The highest BCUT2D eigenvalue weighted by Crippen LogP contribution is 2.23.